The van der Waals surface area contributed by atoms with Gasteiger partial charge in [0.1, 0.15) is 0 Å². The van der Waals surface area contributed by atoms with Gasteiger partial charge in [-0.1, -0.05) is 0 Å². The smallest absolute Gasteiger partial charge is 1.00 e. The summed E-state index contributed by atoms with van der Waals surface area (Å²) in [5, 5.41) is 0. The van der Waals surface area contributed by atoms with Crippen LogP contribution in [-0.4, -0.2) is 63.6 Å². The molecule has 0 radical (unpaired) electrons. The van der Waals surface area contributed by atoms with E-state index < -0.39 is 7.82 Å². The van der Waals surface area contributed by atoms with Crippen LogP contribution >= 0.6 is 7.82 Å². The largest absolute Gasteiger partial charge is 2.00 e. The first-order valence-corrected chi connectivity index (χ1v) is 2.35. The molecule has 0 heterocycles. The van der Waals surface area contributed by atoms with Crippen molar-refractivity contribution in [1.29, 1.82) is 0 Å². The van der Waals surface area contributed by atoms with Gasteiger partial charge in [0.2, 0.25) is 0 Å². The predicted molar refractivity (Wildman–Crippen MR) is 23.4 cm³/mol. The van der Waals surface area contributed by atoms with Gasteiger partial charge in [-0.2, -0.15) is 0 Å². The van der Waals surface area contributed by atoms with Crippen molar-refractivity contribution < 1.29 is 53.1 Å². The average molecular weight is 261 g/mol. The molecule has 3 N–H and O–H groups in total. The Balaban J connectivity index is -0.00000000800. The van der Waals surface area contributed by atoms with E-state index in [1.54, 1.807) is 0 Å². The third-order valence-corrected chi connectivity index (χ3v) is 0. The van der Waals surface area contributed by atoms with Crippen LogP contribution < -0.4 is 29.6 Å². The molecule has 0 atom stereocenters. The average Bonchev–Trinajstić information content (AvgIpc) is 0.722. The van der Waals surface area contributed by atoms with Crippen molar-refractivity contribution in [3.63, 3.8) is 0 Å². The Morgan fingerprint density at radius 2 is 1.29 bits per heavy atom. The second kappa shape index (κ2) is 6.80. The second-order valence-electron chi connectivity index (χ2n) is 0.513. The molecular weight excluding hydrogens is 255 g/mol. The summed E-state index contributed by atoms with van der Waals surface area (Å²) in [5.74, 6) is 0. The Morgan fingerprint density at radius 1 is 1.29 bits per heavy atom. The minimum absolute atomic E-state index is 0. The molecule has 0 aromatic carbocycles. The SMILES string of the molecule is O=P(O)(O)O.[Ba+2].[H-].[H-].[H-].[Na+]. The van der Waals surface area contributed by atoms with Crippen LogP contribution in [0.1, 0.15) is 4.28 Å². The van der Waals surface area contributed by atoms with Gasteiger partial charge < -0.3 is 19.0 Å². The van der Waals surface area contributed by atoms with Gasteiger partial charge in [-0.05, 0) is 0 Å². The van der Waals surface area contributed by atoms with Crippen molar-refractivity contribution in [1.82, 2.24) is 0 Å². The molecule has 7 heavy (non-hydrogen) atoms. The predicted octanol–water partition coefficient (Wildman–Crippen LogP) is -3.97. The van der Waals surface area contributed by atoms with E-state index in [2.05, 4.69) is 0 Å². The maximum Gasteiger partial charge on any atom is 2.00 e. The summed E-state index contributed by atoms with van der Waals surface area (Å²) in [7, 11) is -4.64. The Bertz CT molecular complexity index is 66.6. The van der Waals surface area contributed by atoms with E-state index in [9.17, 15) is 0 Å². The molecular formula is H6BaNaO4P. The molecule has 0 aliphatic carbocycles. The van der Waals surface area contributed by atoms with E-state index in [0.29, 0.717) is 0 Å². The minimum Gasteiger partial charge on any atom is -1.00 e. The molecule has 0 bridgehead atoms. The number of phosphoric acid groups is 1. The summed E-state index contributed by atoms with van der Waals surface area (Å²) in [5.41, 5.74) is 0. The monoisotopic (exact) mass is 262 g/mol. The summed E-state index contributed by atoms with van der Waals surface area (Å²) in [6.45, 7) is 0. The normalized spacial score (nSPS) is 8.43. The van der Waals surface area contributed by atoms with Crippen LogP contribution in [0.25, 0.3) is 0 Å². The van der Waals surface area contributed by atoms with Gasteiger partial charge in [0.05, 0.1) is 0 Å². The fourth-order valence-corrected chi connectivity index (χ4v) is 0. The number of hydrogen-bond acceptors (Lipinski definition) is 1. The molecule has 0 aromatic rings. The van der Waals surface area contributed by atoms with Gasteiger partial charge >= 0.3 is 86.3 Å². The van der Waals surface area contributed by atoms with Crippen LogP contribution in [-0.2, 0) is 4.57 Å². The van der Waals surface area contributed by atoms with Crippen LogP contribution in [0.4, 0.5) is 0 Å². The zero-order valence-electron chi connectivity index (χ0n) is 6.90. The third kappa shape index (κ3) is 53.9. The van der Waals surface area contributed by atoms with E-state index in [-0.39, 0.29) is 82.7 Å². The second-order valence-corrected chi connectivity index (χ2v) is 1.54. The summed E-state index contributed by atoms with van der Waals surface area (Å²) in [6, 6.07) is 0. The van der Waals surface area contributed by atoms with Crippen molar-refractivity contribution in [2.24, 2.45) is 0 Å². The van der Waals surface area contributed by atoms with Gasteiger partial charge in [0.25, 0.3) is 0 Å². The maximum absolute atomic E-state index is 8.88. The van der Waals surface area contributed by atoms with Crippen LogP contribution in [0.2, 0.25) is 0 Å². The van der Waals surface area contributed by atoms with E-state index in [0.717, 1.165) is 0 Å². The zero-order valence-corrected chi connectivity index (χ0v) is 11.2. The van der Waals surface area contributed by atoms with Crippen LogP contribution in [0, 0.1) is 0 Å². The van der Waals surface area contributed by atoms with Crippen molar-refractivity contribution in [3.8, 4) is 0 Å². The molecule has 0 amide bonds. The first-order chi connectivity index (χ1) is 2.00. The van der Waals surface area contributed by atoms with Crippen molar-refractivity contribution in [2.45, 2.75) is 0 Å². The summed E-state index contributed by atoms with van der Waals surface area (Å²) >= 11 is 0. The molecule has 0 unspecified atom stereocenters. The third-order valence-electron chi connectivity index (χ3n) is 0. The van der Waals surface area contributed by atoms with Crippen LogP contribution in [0.3, 0.4) is 0 Å². The summed E-state index contributed by atoms with van der Waals surface area (Å²) < 4.78 is 8.88. The Hall–Kier alpha value is 2.68. The minimum atomic E-state index is -4.64. The van der Waals surface area contributed by atoms with Crippen LogP contribution in [0.15, 0.2) is 0 Å². The number of rotatable bonds is 0. The quantitative estimate of drug-likeness (QED) is 0.307. The molecule has 0 spiro atoms. The van der Waals surface area contributed by atoms with Crippen LogP contribution in [0.5, 0.6) is 0 Å². The summed E-state index contributed by atoms with van der Waals surface area (Å²) in [6.07, 6.45) is 0. The molecule has 0 saturated carbocycles. The molecule has 4 nitrogen and oxygen atoms in total. The first kappa shape index (κ1) is 16.3. The standard InChI is InChI=1S/Ba.Na.H3O4P.3H/c;;1-5(2,3)4;;;/h;;(H3,1,2,3,4);;;/q+2;+1;;3*-1. The van der Waals surface area contributed by atoms with Crippen molar-refractivity contribution in [2.75, 3.05) is 0 Å². The Kier molecular flexibility index (Phi) is 15.9. The van der Waals surface area contributed by atoms with E-state index in [1.807, 2.05) is 0 Å². The van der Waals surface area contributed by atoms with Crippen molar-refractivity contribution >= 4 is 56.7 Å². The molecule has 38 valence electrons. The van der Waals surface area contributed by atoms with E-state index in [4.69, 9.17) is 19.2 Å². The topological polar surface area (TPSA) is 77.8 Å². The maximum atomic E-state index is 8.88. The molecule has 0 aliphatic rings. The molecule has 0 aliphatic heterocycles. The molecule has 0 rings (SSSR count). The van der Waals surface area contributed by atoms with E-state index in [1.165, 1.54) is 0 Å². The Labute approximate surface area is 108 Å². The van der Waals surface area contributed by atoms with Gasteiger partial charge in [-0.3, -0.25) is 0 Å². The molecule has 7 heteroatoms. The van der Waals surface area contributed by atoms with Gasteiger partial charge in [0.15, 0.2) is 0 Å². The zero-order chi connectivity index (χ0) is 4.50. The van der Waals surface area contributed by atoms with Crippen molar-refractivity contribution in [3.05, 3.63) is 0 Å². The van der Waals surface area contributed by atoms with E-state index >= 15 is 0 Å². The molecule has 0 aromatic heterocycles. The Morgan fingerprint density at radius 3 is 1.29 bits per heavy atom. The molecule has 0 fully saturated rings. The first-order valence-electron chi connectivity index (χ1n) is 0.783. The van der Waals surface area contributed by atoms with Gasteiger partial charge in [0, 0.05) is 0 Å². The molecule has 0 saturated heterocycles. The number of hydrogen-bond donors (Lipinski definition) is 3. The fraction of sp³-hybridized carbons (Fsp3) is 0. The fourth-order valence-electron chi connectivity index (χ4n) is 0. The van der Waals surface area contributed by atoms with Gasteiger partial charge in [-0.15, -0.1) is 0 Å². The summed E-state index contributed by atoms with van der Waals surface area (Å²) in [4.78, 5) is 21.6. The van der Waals surface area contributed by atoms with Gasteiger partial charge in [-0.25, -0.2) is 4.57 Å².